The number of phosphoric ester groups is 1. The molecule has 0 spiro atoms. The van der Waals surface area contributed by atoms with Crippen molar-refractivity contribution in [2.75, 3.05) is 47.5 Å². The molecule has 0 aliphatic heterocycles. The van der Waals surface area contributed by atoms with Gasteiger partial charge in [0.15, 0.2) is 6.10 Å². The number of hydrogen-bond acceptors (Lipinski definition) is 8. The first kappa shape index (κ1) is 74.5. The summed E-state index contributed by atoms with van der Waals surface area (Å²) in [5.41, 5.74) is 0. The number of esters is 2. The minimum absolute atomic E-state index is 0.0315. The number of unbranched alkanes of at least 4 members (excludes halogenated alkanes) is 33. The Morgan fingerprint density at radius 2 is 0.740 bits per heavy atom. The molecule has 2 atom stereocenters. The highest BCUT2D eigenvalue weighted by molar-refractivity contribution is 7.45. The average Bonchev–Trinajstić information content (AvgIpc) is 3.39. The lowest BCUT2D eigenvalue weighted by Crippen LogP contribution is -2.37. The van der Waals surface area contributed by atoms with E-state index in [1.807, 2.05) is 21.1 Å². The Kier molecular flexibility index (Phi) is 56.2. The van der Waals surface area contributed by atoms with E-state index in [0.29, 0.717) is 17.4 Å². The summed E-state index contributed by atoms with van der Waals surface area (Å²) in [4.78, 5) is 37.8. The molecule has 0 saturated carbocycles. The molecule has 77 heavy (non-hydrogen) atoms. The molecule has 0 aromatic carbocycles. The molecule has 0 bridgehead atoms. The van der Waals surface area contributed by atoms with E-state index in [1.165, 1.54) is 167 Å². The highest BCUT2D eigenvalue weighted by atomic mass is 31.2. The van der Waals surface area contributed by atoms with E-state index in [4.69, 9.17) is 18.5 Å². The van der Waals surface area contributed by atoms with E-state index >= 15 is 0 Å². The number of nitrogens with zero attached hydrogens (tertiary/aromatic N) is 1. The van der Waals surface area contributed by atoms with Crippen molar-refractivity contribution in [2.24, 2.45) is 0 Å². The van der Waals surface area contributed by atoms with Gasteiger partial charge in [0, 0.05) is 12.8 Å². The van der Waals surface area contributed by atoms with E-state index in [2.05, 4.69) is 86.8 Å². The minimum atomic E-state index is -4.64. The van der Waals surface area contributed by atoms with E-state index in [-0.39, 0.29) is 32.0 Å². The van der Waals surface area contributed by atoms with E-state index in [1.54, 1.807) is 0 Å². The van der Waals surface area contributed by atoms with Crippen LogP contribution in [0.2, 0.25) is 0 Å². The highest BCUT2D eigenvalue weighted by Gasteiger charge is 2.22. The lowest BCUT2D eigenvalue weighted by Gasteiger charge is -2.28. The predicted octanol–water partition coefficient (Wildman–Crippen LogP) is 19.8. The van der Waals surface area contributed by atoms with Gasteiger partial charge in [-0.3, -0.25) is 14.2 Å². The molecule has 0 aliphatic rings. The van der Waals surface area contributed by atoms with Crippen LogP contribution in [0, 0.1) is 0 Å². The number of allylic oxidation sites excluding steroid dienone is 12. The minimum Gasteiger partial charge on any atom is -0.756 e. The molecule has 0 aromatic rings. The van der Waals surface area contributed by atoms with Gasteiger partial charge in [0.2, 0.25) is 0 Å². The van der Waals surface area contributed by atoms with Crippen LogP contribution in [0.4, 0.5) is 0 Å². The number of hydrogen-bond donors (Lipinski definition) is 0. The van der Waals surface area contributed by atoms with Crippen LogP contribution in [0.3, 0.4) is 0 Å². The highest BCUT2D eigenvalue weighted by Crippen LogP contribution is 2.38. The number of ether oxygens (including phenoxy) is 2. The Balaban J connectivity index is 3.91. The second kappa shape index (κ2) is 58.1. The third kappa shape index (κ3) is 62.5. The molecule has 0 rings (SSSR count). The smallest absolute Gasteiger partial charge is 0.306 e. The third-order valence-corrected chi connectivity index (χ3v) is 14.9. The maximum Gasteiger partial charge on any atom is 0.306 e. The van der Waals surface area contributed by atoms with E-state index in [0.717, 1.165) is 89.9 Å². The van der Waals surface area contributed by atoms with Crippen LogP contribution < -0.4 is 4.89 Å². The van der Waals surface area contributed by atoms with Crippen LogP contribution in [0.1, 0.15) is 290 Å². The van der Waals surface area contributed by atoms with E-state index in [9.17, 15) is 19.0 Å². The molecule has 0 heterocycles. The van der Waals surface area contributed by atoms with Gasteiger partial charge in [0.25, 0.3) is 7.82 Å². The van der Waals surface area contributed by atoms with Crippen molar-refractivity contribution >= 4 is 19.8 Å². The zero-order valence-electron chi connectivity index (χ0n) is 50.9. The van der Waals surface area contributed by atoms with Gasteiger partial charge in [-0.15, -0.1) is 0 Å². The van der Waals surface area contributed by atoms with Gasteiger partial charge in [-0.1, -0.05) is 267 Å². The van der Waals surface area contributed by atoms with E-state index < -0.39 is 26.5 Å². The Morgan fingerprint density at radius 3 is 1.12 bits per heavy atom. The Labute approximate surface area is 476 Å². The topological polar surface area (TPSA) is 111 Å². The maximum absolute atomic E-state index is 12.8. The van der Waals surface area contributed by atoms with Crippen LogP contribution in [0.25, 0.3) is 0 Å². The van der Waals surface area contributed by atoms with Crippen molar-refractivity contribution in [2.45, 2.75) is 296 Å². The SMILES string of the molecule is CC/C=C\C/C=C\C/C=C\C/C=C\C/C=C\CCCCCCCCCCCCCCCCCCCCCCCCCC(=O)OC(COC(=O)CCCCCCC/C=C\CCCCCCC)COP(=O)([O-])OCC[N+](C)(C)C. The average molecular weight is 1100 g/mol. The second-order valence-electron chi connectivity index (χ2n) is 22.7. The Bertz CT molecular complexity index is 1530. The van der Waals surface area contributed by atoms with Gasteiger partial charge in [-0.2, -0.15) is 0 Å². The van der Waals surface area contributed by atoms with Gasteiger partial charge >= 0.3 is 11.9 Å². The van der Waals surface area contributed by atoms with Crippen LogP contribution >= 0.6 is 7.82 Å². The summed E-state index contributed by atoms with van der Waals surface area (Å²) in [6, 6.07) is 0. The molecular formula is C67H122NO8P. The molecule has 0 radical (unpaired) electrons. The summed E-state index contributed by atoms with van der Waals surface area (Å²) in [6.45, 7) is 4.13. The van der Waals surface area contributed by atoms with Crippen molar-refractivity contribution in [3.05, 3.63) is 72.9 Å². The molecule has 0 N–H and O–H groups in total. The van der Waals surface area contributed by atoms with Crippen LogP contribution in [0.5, 0.6) is 0 Å². The molecule has 0 saturated heterocycles. The van der Waals surface area contributed by atoms with Crippen LogP contribution in [0.15, 0.2) is 72.9 Å². The summed E-state index contributed by atoms with van der Waals surface area (Å²) in [7, 11) is 1.17. The Morgan fingerprint density at radius 1 is 0.416 bits per heavy atom. The van der Waals surface area contributed by atoms with Gasteiger partial charge < -0.3 is 27.9 Å². The van der Waals surface area contributed by atoms with Crippen molar-refractivity contribution in [1.82, 2.24) is 0 Å². The molecule has 2 unspecified atom stereocenters. The zero-order valence-corrected chi connectivity index (χ0v) is 51.8. The molecule has 448 valence electrons. The van der Waals surface area contributed by atoms with Crippen LogP contribution in [-0.4, -0.2) is 70.0 Å². The fourth-order valence-electron chi connectivity index (χ4n) is 9.03. The first-order valence-electron chi connectivity index (χ1n) is 32.1. The number of phosphoric acid groups is 1. The normalized spacial score (nSPS) is 13.7. The lowest BCUT2D eigenvalue weighted by atomic mass is 10.0. The maximum atomic E-state index is 12.8. The summed E-state index contributed by atoms with van der Waals surface area (Å²) in [6.07, 6.45) is 77.0. The van der Waals surface area contributed by atoms with Crippen molar-refractivity contribution in [3.8, 4) is 0 Å². The van der Waals surface area contributed by atoms with Gasteiger partial charge in [0.05, 0.1) is 27.7 Å². The monoisotopic (exact) mass is 1100 g/mol. The molecule has 0 aromatic heterocycles. The van der Waals surface area contributed by atoms with Crippen LogP contribution in [-0.2, 0) is 32.7 Å². The summed E-state index contributed by atoms with van der Waals surface area (Å²) in [5, 5.41) is 0. The number of quaternary nitrogens is 1. The van der Waals surface area contributed by atoms with Crippen molar-refractivity contribution in [3.63, 3.8) is 0 Å². The number of likely N-dealkylation sites (N-methyl/N-ethyl adjacent to an activating group) is 1. The molecule has 9 nitrogen and oxygen atoms in total. The van der Waals surface area contributed by atoms with Gasteiger partial charge in [-0.25, -0.2) is 0 Å². The lowest BCUT2D eigenvalue weighted by molar-refractivity contribution is -0.870. The zero-order chi connectivity index (χ0) is 56.3. The number of carbonyl (C=O) groups excluding carboxylic acids is 2. The summed E-state index contributed by atoms with van der Waals surface area (Å²) in [5.74, 6) is -0.833. The summed E-state index contributed by atoms with van der Waals surface area (Å²) < 4.78 is 34.2. The molecular weight excluding hydrogens is 978 g/mol. The molecule has 0 amide bonds. The molecule has 10 heteroatoms. The predicted molar refractivity (Wildman–Crippen MR) is 328 cm³/mol. The van der Waals surface area contributed by atoms with Crippen molar-refractivity contribution < 1.29 is 42.1 Å². The number of rotatable bonds is 59. The third-order valence-electron chi connectivity index (χ3n) is 14.0. The first-order chi connectivity index (χ1) is 37.5. The fraction of sp³-hybridized carbons (Fsp3) is 0.791. The number of carbonyl (C=O) groups is 2. The largest absolute Gasteiger partial charge is 0.756 e. The van der Waals surface area contributed by atoms with Gasteiger partial charge in [-0.05, 0) is 83.5 Å². The second-order valence-corrected chi connectivity index (χ2v) is 24.2. The molecule has 0 fully saturated rings. The molecule has 0 aliphatic carbocycles. The quantitative estimate of drug-likeness (QED) is 0.0195. The summed E-state index contributed by atoms with van der Waals surface area (Å²) >= 11 is 0. The standard InChI is InChI=1S/C67H122NO8P/c1-6-8-10-12-14-16-18-20-22-23-24-25-26-27-28-29-30-31-32-33-34-35-36-37-38-39-40-41-42-43-44-45-46-48-50-52-54-56-58-60-67(70)76-65(64-75-77(71,72)74-62-61-68(3,4)5)63-73-66(69)59-57-55-53-51-49-47-21-19-17-15-13-11-9-7-2/h8,10,14,16,19-22,24-25,27-28,65H,6-7,9,11-13,15,17-18,23,26,29-64H2,1-5H3/b10-8-,16-14-,21-19-,22-20-,25-24-,28-27-. The fourth-order valence-corrected chi connectivity index (χ4v) is 9.76. The Hall–Kier alpha value is -2.55. The first-order valence-corrected chi connectivity index (χ1v) is 33.6. The van der Waals surface area contributed by atoms with Gasteiger partial charge in [0.1, 0.15) is 19.8 Å². The van der Waals surface area contributed by atoms with Crippen molar-refractivity contribution in [1.29, 1.82) is 0 Å².